The molecule has 14 heavy (non-hydrogen) atoms. The van der Waals surface area contributed by atoms with E-state index in [9.17, 15) is 14.9 Å². The number of nitro groups is 1. The van der Waals surface area contributed by atoms with Crippen LogP contribution in [0, 0.1) is 16.0 Å². The zero-order chi connectivity index (χ0) is 14.4. The summed E-state index contributed by atoms with van der Waals surface area (Å²) in [6.07, 6.45) is -4.56. The van der Waals surface area contributed by atoms with Gasteiger partial charge in [-0.25, -0.2) is 0 Å². The SMILES string of the molecule is [2H]C1COC(=O)[C@]([2H])(CC(C)(C)[N+](=O)[O-])C1([2H])[2H]. The predicted octanol–water partition coefficient (Wildman–Crippen LogP) is 1.39. The fourth-order valence-corrected chi connectivity index (χ4v) is 1.05. The molecule has 0 aromatic carbocycles. The molecule has 0 aliphatic carbocycles. The molecule has 5 heteroatoms. The Morgan fingerprint density at radius 1 is 1.86 bits per heavy atom. The molecule has 1 rings (SSSR count). The van der Waals surface area contributed by atoms with Crippen molar-refractivity contribution in [3.63, 3.8) is 0 Å². The zero-order valence-electron chi connectivity index (χ0n) is 12.1. The molecule has 1 aliphatic heterocycles. The number of ether oxygens (including phenoxy) is 1. The molecule has 1 unspecified atom stereocenters. The summed E-state index contributed by atoms with van der Waals surface area (Å²) in [5, 5.41) is 10.8. The zero-order valence-corrected chi connectivity index (χ0v) is 8.07. The lowest BCUT2D eigenvalue weighted by Crippen LogP contribution is -2.37. The molecule has 0 aromatic rings. The molecule has 0 saturated carbocycles. The van der Waals surface area contributed by atoms with E-state index in [2.05, 4.69) is 4.74 Å². The minimum atomic E-state index is -2.49. The molecule has 0 radical (unpaired) electrons. The van der Waals surface area contributed by atoms with E-state index in [1.54, 1.807) is 0 Å². The first-order valence-corrected chi connectivity index (χ1v) is 4.19. The number of carbonyl (C=O) groups excluding carboxylic acids is 1. The van der Waals surface area contributed by atoms with E-state index in [0.717, 1.165) is 0 Å². The van der Waals surface area contributed by atoms with Crippen LogP contribution in [0.1, 0.15) is 38.5 Å². The van der Waals surface area contributed by atoms with Gasteiger partial charge in [0.1, 0.15) is 0 Å². The smallest absolute Gasteiger partial charge is 0.309 e. The molecule has 0 spiro atoms. The lowest BCUT2D eigenvalue weighted by Gasteiger charge is -2.24. The fourth-order valence-electron chi connectivity index (χ4n) is 1.05. The summed E-state index contributed by atoms with van der Waals surface area (Å²) in [7, 11) is 0. The van der Waals surface area contributed by atoms with Crippen LogP contribution in [-0.2, 0) is 9.53 Å². The van der Waals surface area contributed by atoms with Gasteiger partial charge in [-0.15, -0.1) is 0 Å². The van der Waals surface area contributed by atoms with Gasteiger partial charge in [-0.3, -0.25) is 14.9 Å². The van der Waals surface area contributed by atoms with Crippen molar-refractivity contribution in [1.29, 1.82) is 0 Å². The van der Waals surface area contributed by atoms with Crippen LogP contribution in [-0.4, -0.2) is 23.0 Å². The summed E-state index contributed by atoms with van der Waals surface area (Å²) in [6, 6.07) is 0. The molecule has 2 atom stereocenters. The molecular weight excluding hydrogens is 186 g/mol. The minimum Gasteiger partial charge on any atom is -0.465 e. The Kier molecular flexibility index (Phi) is 1.79. The van der Waals surface area contributed by atoms with Crippen molar-refractivity contribution in [1.82, 2.24) is 0 Å². The van der Waals surface area contributed by atoms with Crippen molar-refractivity contribution < 1.29 is 19.9 Å². The molecule has 0 bridgehead atoms. The number of rotatable bonds is 3. The van der Waals surface area contributed by atoms with Crippen LogP contribution in [0.2, 0.25) is 0 Å². The van der Waals surface area contributed by atoms with E-state index in [1.165, 1.54) is 13.8 Å². The van der Waals surface area contributed by atoms with Crippen molar-refractivity contribution in [2.75, 3.05) is 6.61 Å². The maximum atomic E-state index is 11.6. The summed E-state index contributed by atoms with van der Waals surface area (Å²) in [6.45, 7) is 1.98. The third kappa shape index (κ3) is 2.43. The predicted molar refractivity (Wildman–Crippen MR) is 49.4 cm³/mol. The number of nitrogens with zero attached hydrogens (tertiary/aromatic N) is 1. The molecule has 0 N–H and O–H groups in total. The molecule has 1 saturated heterocycles. The fraction of sp³-hybridized carbons (Fsp3) is 0.889. The number of cyclic esters (lactones) is 1. The highest BCUT2D eigenvalue weighted by Crippen LogP contribution is 2.26. The molecule has 0 amide bonds. The van der Waals surface area contributed by atoms with Gasteiger partial charge in [-0.1, -0.05) is 0 Å². The van der Waals surface area contributed by atoms with Gasteiger partial charge in [0, 0.05) is 30.7 Å². The Labute approximate surface area is 88.2 Å². The van der Waals surface area contributed by atoms with Crippen LogP contribution < -0.4 is 0 Å². The quantitative estimate of drug-likeness (QED) is 0.396. The van der Waals surface area contributed by atoms with Gasteiger partial charge in [0.05, 0.1) is 12.5 Å². The topological polar surface area (TPSA) is 69.4 Å². The van der Waals surface area contributed by atoms with Gasteiger partial charge < -0.3 is 4.74 Å². The van der Waals surface area contributed by atoms with Crippen molar-refractivity contribution in [3.8, 4) is 0 Å². The second-order valence-corrected chi connectivity index (χ2v) is 3.67. The second kappa shape index (κ2) is 3.94. The normalized spacial score (nSPS) is 41.3. The third-order valence-electron chi connectivity index (χ3n) is 1.92. The summed E-state index contributed by atoms with van der Waals surface area (Å²) in [5.74, 6) is -3.58. The Morgan fingerprint density at radius 2 is 2.50 bits per heavy atom. The molecular formula is C9H15NO4. The highest BCUT2D eigenvalue weighted by atomic mass is 16.6. The van der Waals surface area contributed by atoms with Crippen LogP contribution in [0.15, 0.2) is 0 Å². The number of hydrogen-bond acceptors (Lipinski definition) is 4. The lowest BCUT2D eigenvalue weighted by molar-refractivity contribution is -0.562. The summed E-state index contributed by atoms with van der Waals surface area (Å²) < 4.78 is 35.4. The van der Waals surface area contributed by atoms with Crippen LogP contribution >= 0.6 is 0 Å². The van der Waals surface area contributed by atoms with Gasteiger partial charge >= 0.3 is 5.97 Å². The van der Waals surface area contributed by atoms with Crippen molar-refractivity contribution >= 4 is 5.97 Å². The second-order valence-electron chi connectivity index (χ2n) is 3.67. The highest BCUT2D eigenvalue weighted by Gasteiger charge is 2.38. The highest BCUT2D eigenvalue weighted by molar-refractivity contribution is 5.73. The minimum absolute atomic E-state index is 0.439. The molecule has 5 nitrogen and oxygen atoms in total. The standard InChI is InChI=1S/C9H15NO4/c1-9(2,10(12)13)6-7-4-3-5-14-8(7)11/h7H,3-6H2,1-2H3/t7-/m0/s1/i3D,4D2,7D/t3?,7-. The van der Waals surface area contributed by atoms with E-state index < -0.39 is 48.1 Å². The number of hydrogen-bond donors (Lipinski definition) is 0. The largest absolute Gasteiger partial charge is 0.465 e. The average molecular weight is 205 g/mol. The molecule has 1 fully saturated rings. The van der Waals surface area contributed by atoms with Crippen molar-refractivity contribution in [3.05, 3.63) is 10.1 Å². The Bertz CT molecular complexity index is 387. The van der Waals surface area contributed by atoms with Gasteiger partial charge in [0.15, 0.2) is 0 Å². The molecule has 80 valence electrons. The number of carbonyl (C=O) groups is 1. The maximum Gasteiger partial charge on any atom is 0.309 e. The van der Waals surface area contributed by atoms with Crippen LogP contribution in [0.4, 0.5) is 0 Å². The molecule has 1 aliphatic rings. The van der Waals surface area contributed by atoms with Crippen LogP contribution in [0.3, 0.4) is 0 Å². The van der Waals surface area contributed by atoms with E-state index in [4.69, 9.17) is 5.48 Å². The monoisotopic (exact) mass is 205 g/mol. The van der Waals surface area contributed by atoms with E-state index >= 15 is 0 Å². The van der Waals surface area contributed by atoms with Gasteiger partial charge in [0.25, 0.3) is 0 Å². The average Bonchev–Trinajstić information content (AvgIpc) is 2.22. The van der Waals surface area contributed by atoms with E-state index in [-0.39, 0.29) is 0 Å². The van der Waals surface area contributed by atoms with Crippen LogP contribution in [0.25, 0.3) is 0 Å². The molecule has 1 heterocycles. The summed E-state index contributed by atoms with van der Waals surface area (Å²) in [5.41, 5.74) is -1.65. The Hall–Kier alpha value is -1.13. The van der Waals surface area contributed by atoms with Crippen molar-refractivity contribution in [2.45, 2.75) is 38.6 Å². The van der Waals surface area contributed by atoms with Gasteiger partial charge in [0.2, 0.25) is 5.54 Å². The van der Waals surface area contributed by atoms with Crippen LogP contribution in [0.5, 0.6) is 0 Å². The Morgan fingerprint density at radius 3 is 3.07 bits per heavy atom. The van der Waals surface area contributed by atoms with E-state index in [1.807, 2.05) is 0 Å². The summed E-state index contributed by atoms with van der Waals surface area (Å²) in [4.78, 5) is 21.8. The van der Waals surface area contributed by atoms with E-state index in [0.29, 0.717) is 0 Å². The first-order chi connectivity index (χ1) is 7.95. The third-order valence-corrected chi connectivity index (χ3v) is 1.92. The maximum absolute atomic E-state index is 11.6. The van der Waals surface area contributed by atoms with Gasteiger partial charge in [-0.2, -0.15) is 0 Å². The van der Waals surface area contributed by atoms with Gasteiger partial charge in [-0.05, 0) is 12.8 Å². The van der Waals surface area contributed by atoms with Crippen molar-refractivity contribution in [2.24, 2.45) is 5.89 Å². The number of esters is 1. The molecule has 0 aromatic heterocycles. The summed E-state index contributed by atoms with van der Waals surface area (Å²) >= 11 is 0. The first kappa shape index (κ1) is 6.37. The lowest BCUT2D eigenvalue weighted by atomic mass is 9.87. The Balaban J connectivity index is 3.15. The first-order valence-electron chi connectivity index (χ1n) is 6.27.